The van der Waals surface area contributed by atoms with E-state index >= 15 is 0 Å². The molecule has 15 heavy (non-hydrogen) atoms. The van der Waals surface area contributed by atoms with Crippen LogP contribution in [0.25, 0.3) is 0 Å². The maximum atomic E-state index is 13.2. The van der Waals surface area contributed by atoms with Crippen molar-refractivity contribution in [2.45, 2.75) is 0 Å². The van der Waals surface area contributed by atoms with E-state index in [0.29, 0.717) is 0 Å². The van der Waals surface area contributed by atoms with E-state index in [9.17, 15) is 14.0 Å². The second-order valence-corrected chi connectivity index (χ2v) is 2.65. The lowest BCUT2D eigenvalue weighted by Gasteiger charge is -2.09. The fourth-order valence-electron chi connectivity index (χ4n) is 1.17. The van der Waals surface area contributed by atoms with E-state index in [1.165, 1.54) is 13.2 Å². The van der Waals surface area contributed by atoms with Crippen molar-refractivity contribution in [3.8, 4) is 5.75 Å². The van der Waals surface area contributed by atoms with Crippen LogP contribution >= 0.6 is 0 Å². The van der Waals surface area contributed by atoms with E-state index < -0.39 is 11.8 Å². The summed E-state index contributed by atoms with van der Waals surface area (Å²) < 4.78 is 22.4. The number of carbonyl (C=O) groups is 2. The van der Waals surface area contributed by atoms with E-state index in [-0.39, 0.29) is 23.2 Å². The molecule has 0 aromatic heterocycles. The summed E-state index contributed by atoms with van der Waals surface area (Å²) in [4.78, 5) is 21.9. The second-order valence-electron chi connectivity index (χ2n) is 2.65. The van der Waals surface area contributed by atoms with Gasteiger partial charge in [0.1, 0.15) is 17.1 Å². The Kier molecular flexibility index (Phi) is 3.38. The highest BCUT2D eigenvalue weighted by Crippen LogP contribution is 2.24. The Balaban J connectivity index is 3.47. The van der Waals surface area contributed by atoms with Crippen molar-refractivity contribution in [3.05, 3.63) is 29.1 Å². The third kappa shape index (κ3) is 1.96. The lowest BCUT2D eigenvalue weighted by atomic mass is 10.1. The monoisotopic (exact) mass is 212 g/mol. The van der Waals surface area contributed by atoms with Crippen LogP contribution in [-0.4, -0.2) is 26.5 Å². The average molecular weight is 212 g/mol. The van der Waals surface area contributed by atoms with Gasteiger partial charge in [0.25, 0.3) is 0 Å². The van der Waals surface area contributed by atoms with Gasteiger partial charge in [-0.05, 0) is 12.1 Å². The molecule has 1 aromatic rings. The third-order valence-electron chi connectivity index (χ3n) is 1.88. The minimum Gasteiger partial charge on any atom is -0.496 e. The first-order valence-electron chi connectivity index (χ1n) is 4.05. The van der Waals surface area contributed by atoms with Crippen molar-refractivity contribution in [1.29, 1.82) is 0 Å². The highest BCUT2D eigenvalue weighted by molar-refractivity contribution is 6.00. The normalized spacial score (nSPS) is 9.53. The molecule has 0 aliphatic carbocycles. The zero-order chi connectivity index (χ0) is 11.4. The van der Waals surface area contributed by atoms with E-state index in [2.05, 4.69) is 4.74 Å². The minimum atomic E-state index is -0.812. The van der Waals surface area contributed by atoms with Gasteiger partial charge in [0, 0.05) is 0 Å². The van der Waals surface area contributed by atoms with Crippen molar-refractivity contribution >= 4 is 12.3 Å². The van der Waals surface area contributed by atoms with Gasteiger partial charge in [-0.2, -0.15) is 0 Å². The van der Waals surface area contributed by atoms with E-state index in [1.807, 2.05) is 0 Å². The van der Waals surface area contributed by atoms with Crippen LogP contribution in [0.2, 0.25) is 0 Å². The lowest BCUT2D eigenvalue weighted by Crippen LogP contribution is -2.09. The van der Waals surface area contributed by atoms with Gasteiger partial charge in [0.2, 0.25) is 0 Å². The summed E-state index contributed by atoms with van der Waals surface area (Å²) in [5, 5.41) is 0. The summed E-state index contributed by atoms with van der Waals surface area (Å²) in [5.74, 6) is -1.50. The number of benzene rings is 1. The molecule has 0 spiro atoms. The summed E-state index contributed by atoms with van der Waals surface area (Å²) in [6.07, 6.45) is 0.254. The van der Waals surface area contributed by atoms with Gasteiger partial charge in [-0.25, -0.2) is 9.18 Å². The quantitative estimate of drug-likeness (QED) is 0.561. The maximum Gasteiger partial charge on any atom is 0.342 e. The van der Waals surface area contributed by atoms with Crippen LogP contribution in [0.3, 0.4) is 0 Å². The molecule has 0 unspecified atom stereocenters. The zero-order valence-corrected chi connectivity index (χ0v) is 8.24. The predicted octanol–water partition coefficient (Wildman–Crippen LogP) is 1.43. The molecule has 0 fully saturated rings. The zero-order valence-electron chi connectivity index (χ0n) is 8.24. The number of aldehydes is 1. The molecule has 80 valence electrons. The van der Waals surface area contributed by atoms with Crippen LogP contribution in [0, 0.1) is 5.82 Å². The fourth-order valence-corrected chi connectivity index (χ4v) is 1.17. The Bertz CT molecular complexity index is 401. The first-order valence-corrected chi connectivity index (χ1v) is 4.05. The number of hydrogen-bond acceptors (Lipinski definition) is 4. The molecule has 0 amide bonds. The molecule has 1 aromatic carbocycles. The third-order valence-corrected chi connectivity index (χ3v) is 1.88. The Hall–Kier alpha value is -1.91. The molecular weight excluding hydrogens is 203 g/mol. The van der Waals surface area contributed by atoms with Gasteiger partial charge < -0.3 is 9.47 Å². The summed E-state index contributed by atoms with van der Waals surface area (Å²) in [7, 11) is 2.45. The van der Waals surface area contributed by atoms with E-state index in [1.54, 1.807) is 0 Å². The number of halogens is 1. The number of hydrogen-bond donors (Lipinski definition) is 0. The number of methoxy groups -OCH3 is 2. The minimum absolute atomic E-state index is 0.102. The van der Waals surface area contributed by atoms with Crippen LogP contribution in [0.5, 0.6) is 5.75 Å². The van der Waals surface area contributed by atoms with Crippen molar-refractivity contribution in [2.24, 2.45) is 0 Å². The highest BCUT2D eigenvalue weighted by Gasteiger charge is 2.20. The summed E-state index contributed by atoms with van der Waals surface area (Å²) in [6, 6.07) is 2.31. The van der Waals surface area contributed by atoms with Gasteiger partial charge >= 0.3 is 5.97 Å². The van der Waals surface area contributed by atoms with Crippen LogP contribution < -0.4 is 4.74 Å². The second kappa shape index (κ2) is 4.54. The Morgan fingerprint density at radius 1 is 1.40 bits per heavy atom. The average Bonchev–Trinajstić information content (AvgIpc) is 2.27. The summed E-state index contributed by atoms with van der Waals surface area (Å²) in [5.41, 5.74) is -0.559. The van der Waals surface area contributed by atoms with Crippen molar-refractivity contribution < 1.29 is 23.5 Å². The van der Waals surface area contributed by atoms with E-state index in [4.69, 9.17) is 4.74 Å². The highest BCUT2D eigenvalue weighted by atomic mass is 19.1. The first kappa shape index (κ1) is 11.2. The lowest BCUT2D eigenvalue weighted by molar-refractivity contribution is 0.0594. The Morgan fingerprint density at radius 3 is 2.53 bits per heavy atom. The molecule has 0 atom stereocenters. The topological polar surface area (TPSA) is 52.6 Å². The molecule has 4 nitrogen and oxygen atoms in total. The van der Waals surface area contributed by atoms with Crippen LogP contribution in [0.1, 0.15) is 20.7 Å². The van der Waals surface area contributed by atoms with E-state index in [0.717, 1.165) is 13.2 Å². The molecule has 1 rings (SSSR count). The SMILES string of the molecule is COC(=O)c1c(OC)ccc(F)c1C=O. The number of carbonyl (C=O) groups excluding carboxylic acids is 2. The molecule has 0 aliphatic heterocycles. The summed E-state index contributed by atoms with van der Waals surface area (Å²) in [6.45, 7) is 0. The van der Waals surface area contributed by atoms with Gasteiger partial charge in [-0.3, -0.25) is 4.79 Å². The van der Waals surface area contributed by atoms with Crippen molar-refractivity contribution in [3.63, 3.8) is 0 Å². The molecular formula is C10H9FO4. The molecule has 5 heteroatoms. The molecule has 0 saturated heterocycles. The number of ether oxygens (including phenoxy) is 2. The van der Waals surface area contributed by atoms with Gasteiger partial charge in [-0.15, -0.1) is 0 Å². The smallest absolute Gasteiger partial charge is 0.342 e. The number of esters is 1. The van der Waals surface area contributed by atoms with Crippen LogP contribution in [-0.2, 0) is 4.74 Å². The van der Waals surface area contributed by atoms with Gasteiger partial charge in [0.05, 0.1) is 19.8 Å². The first-order chi connectivity index (χ1) is 7.15. The molecule has 0 bridgehead atoms. The number of rotatable bonds is 3. The van der Waals surface area contributed by atoms with Gasteiger partial charge in [0.15, 0.2) is 6.29 Å². The Labute approximate surface area is 85.6 Å². The molecule has 0 radical (unpaired) electrons. The summed E-state index contributed by atoms with van der Waals surface area (Å²) >= 11 is 0. The Morgan fingerprint density at radius 2 is 2.07 bits per heavy atom. The maximum absolute atomic E-state index is 13.2. The largest absolute Gasteiger partial charge is 0.496 e. The predicted molar refractivity (Wildman–Crippen MR) is 49.7 cm³/mol. The van der Waals surface area contributed by atoms with Crippen molar-refractivity contribution in [2.75, 3.05) is 14.2 Å². The standard InChI is InChI=1S/C10H9FO4/c1-14-8-4-3-7(11)6(5-12)9(8)10(13)15-2/h3-5H,1-2H3. The van der Waals surface area contributed by atoms with Crippen molar-refractivity contribution in [1.82, 2.24) is 0 Å². The molecule has 0 saturated carbocycles. The fraction of sp³-hybridized carbons (Fsp3) is 0.200. The molecule has 0 N–H and O–H groups in total. The van der Waals surface area contributed by atoms with Crippen LogP contribution in [0.4, 0.5) is 4.39 Å². The van der Waals surface area contributed by atoms with Crippen LogP contribution in [0.15, 0.2) is 12.1 Å². The molecule has 0 heterocycles. The molecule has 0 aliphatic rings. The van der Waals surface area contributed by atoms with Gasteiger partial charge in [-0.1, -0.05) is 0 Å².